The van der Waals surface area contributed by atoms with Gasteiger partial charge in [-0.15, -0.1) is 0 Å². The van der Waals surface area contributed by atoms with Gasteiger partial charge in [-0.1, -0.05) is 30.3 Å². The second-order valence-electron chi connectivity index (χ2n) is 7.24. The normalized spacial score (nSPS) is 18.8. The van der Waals surface area contributed by atoms with Gasteiger partial charge in [0.2, 0.25) is 11.8 Å². The number of nitrogens with one attached hydrogen (secondary N) is 2. The van der Waals surface area contributed by atoms with Gasteiger partial charge in [0.05, 0.1) is 17.8 Å². The smallest absolute Gasteiger partial charge is 0.405 e. The summed E-state index contributed by atoms with van der Waals surface area (Å²) in [7, 11) is 0. The number of carbonyl (C=O) groups is 1. The van der Waals surface area contributed by atoms with Gasteiger partial charge >= 0.3 is 6.18 Å². The van der Waals surface area contributed by atoms with E-state index in [0.717, 1.165) is 5.56 Å². The van der Waals surface area contributed by atoms with Crippen molar-refractivity contribution in [3.63, 3.8) is 0 Å². The number of hydrogen-bond donors (Lipinski definition) is 2. The van der Waals surface area contributed by atoms with Gasteiger partial charge in [0.15, 0.2) is 5.76 Å². The molecule has 152 valence electrons. The van der Waals surface area contributed by atoms with Crippen LogP contribution in [-0.4, -0.2) is 54.2 Å². The summed E-state index contributed by atoms with van der Waals surface area (Å²) in [5.74, 6) is 0.455. The third-order valence-electron chi connectivity index (χ3n) is 4.83. The van der Waals surface area contributed by atoms with Crippen LogP contribution in [0.2, 0.25) is 0 Å². The van der Waals surface area contributed by atoms with E-state index in [0.29, 0.717) is 24.7 Å². The molecule has 2 aromatic rings. The number of aromatic nitrogens is 1. The Morgan fingerprint density at radius 2 is 2.04 bits per heavy atom. The predicted molar refractivity (Wildman–Crippen MR) is 97.4 cm³/mol. The van der Waals surface area contributed by atoms with Gasteiger partial charge in [0.25, 0.3) is 0 Å². The number of rotatable bonds is 5. The van der Waals surface area contributed by atoms with Crippen LogP contribution in [0.5, 0.6) is 0 Å². The number of halogens is 3. The monoisotopic (exact) mass is 396 g/mol. The first-order chi connectivity index (χ1) is 13.2. The van der Waals surface area contributed by atoms with E-state index >= 15 is 0 Å². The topological polar surface area (TPSA) is 70.4 Å². The van der Waals surface area contributed by atoms with E-state index < -0.39 is 30.2 Å². The quantitative estimate of drug-likeness (QED) is 0.813. The molecule has 3 rings (SSSR count). The van der Waals surface area contributed by atoms with Crippen LogP contribution >= 0.6 is 0 Å². The Bertz CT molecular complexity index is 805. The number of carbonyl (C=O) groups excluding carboxylic acids is 1. The predicted octanol–water partition coefficient (Wildman–Crippen LogP) is 2.53. The van der Waals surface area contributed by atoms with Crippen molar-refractivity contribution in [2.45, 2.75) is 31.6 Å². The molecule has 0 bridgehead atoms. The number of benzene rings is 1. The highest BCUT2D eigenvalue weighted by atomic mass is 19.4. The molecule has 1 aliphatic heterocycles. The van der Waals surface area contributed by atoms with Gasteiger partial charge in [-0.25, -0.2) is 4.98 Å². The largest absolute Gasteiger partial charge is 0.439 e. The maximum Gasteiger partial charge on any atom is 0.405 e. The number of oxazole rings is 1. The van der Waals surface area contributed by atoms with Crippen molar-refractivity contribution in [3.8, 4) is 11.3 Å². The van der Waals surface area contributed by atoms with Crippen molar-refractivity contribution in [1.82, 2.24) is 20.5 Å². The highest BCUT2D eigenvalue weighted by Gasteiger charge is 2.39. The summed E-state index contributed by atoms with van der Waals surface area (Å²) in [5.41, 5.74) is 0.277. The SMILES string of the molecule is CC(C)(c1ncc(-c2ccccc2)o1)N1CCN[C@H](C(=O)NCC(F)(F)F)C1. The zero-order valence-electron chi connectivity index (χ0n) is 15.7. The third-order valence-corrected chi connectivity index (χ3v) is 4.83. The van der Waals surface area contributed by atoms with E-state index in [1.54, 1.807) is 6.20 Å². The Hall–Kier alpha value is -2.39. The molecule has 1 aliphatic rings. The molecule has 9 heteroatoms. The van der Waals surface area contributed by atoms with E-state index in [9.17, 15) is 18.0 Å². The molecule has 1 atom stereocenters. The minimum absolute atomic E-state index is 0.250. The lowest BCUT2D eigenvalue weighted by Crippen LogP contribution is -2.61. The number of amides is 1. The summed E-state index contributed by atoms with van der Waals surface area (Å²) < 4.78 is 43.0. The molecule has 28 heavy (non-hydrogen) atoms. The Kier molecular flexibility index (Phi) is 5.76. The van der Waals surface area contributed by atoms with Crippen LogP contribution in [-0.2, 0) is 10.3 Å². The lowest BCUT2D eigenvalue weighted by atomic mass is 10.00. The average Bonchev–Trinajstić information content (AvgIpc) is 3.17. The summed E-state index contributed by atoms with van der Waals surface area (Å²) in [6.07, 6.45) is -2.78. The van der Waals surface area contributed by atoms with Crippen LogP contribution in [0.4, 0.5) is 13.2 Å². The number of nitrogens with zero attached hydrogens (tertiary/aromatic N) is 2. The second kappa shape index (κ2) is 7.92. The summed E-state index contributed by atoms with van der Waals surface area (Å²) in [6, 6.07) is 8.83. The highest BCUT2D eigenvalue weighted by molar-refractivity contribution is 5.82. The van der Waals surface area contributed by atoms with E-state index in [1.165, 1.54) is 0 Å². The molecular weight excluding hydrogens is 373 g/mol. The number of hydrogen-bond acceptors (Lipinski definition) is 5. The van der Waals surface area contributed by atoms with Crippen molar-refractivity contribution in [1.29, 1.82) is 0 Å². The molecule has 2 N–H and O–H groups in total. The van der Waals surface area contributed by atoms with Crippen molar-refractivity contribution < 1.29 is 22.4 Å². The fraction of sp³-hybridized carbons (Fsp3) is 0.474. The molecule has 0 saturated carbocycles. The molecule has 1 saturated heterocycles. The van der Waals surface area contributed by atoms with E-state index in [1.807, 2.05) is 54.4 Å². The van der Waals surface area contributed by atoms with Crippen LogP contribution < -0.4 is 10.6 Å². The molecule has 1 aromatic heterocycles. The van der Waals surface area contributed by atoms with E-state index in [-0.39, 0.29) is 6.54 Å². The summed E-state index contributed by atoms with van der Waals surface area (Å²) >= 11 is 0. The van der Waals surface area contributed by atoms with E-state index in [2.05, 4.69) is 10.3 Å². The van der Waals surface area contributed by atoms with Crippen molar-refractivity contribution in [2.75, 3.05) is 26.2 Å². The summed E-state index contributed by atoms with van der Waals surface area (Å²) in [5, 5.41) is 4.91. The highest BCUT2D eigenvalue weighted by Crippen LogP contribution is 2.31. The number of alkyl halides is 3. The molecule has 0 radical (unpaired) electrons. The molecule has 1 fully saturated rings. The molecule has 0 spiro atoms. The zero-order valence-corrected chi connectivity index (χ0v) is 15.7. The van der Waals surface area contributed by atoms with Gasteiger partial charge in [-0.2, -0.15) is 13.2 Å². The first-order valence-electron chi connectivity index (χ1n) is 9.01. The van der Waals surface area contributed by atoms with E-state index in [4.69, 9.17) is 4.42 Å². The van der Waals surface area contributed by atoms with Crippen molar-refractivity contribution in [2.24, 2.45) is 0 Å². The van der Waals surface area contributed by atoms with Crippen LogP contribution in [0.15, 0.2) is 40.9 Å². The van der Waals surface area contributed by atoms with Gasteiger partial charge in [-0.3, -0.25) is 9.69 Å². The minimum atomic E-state index is -4.44. The van der Waals surface area contributed by atoms with Crippen molar-refractivity contribution in [3.05, 3.63) is 42.4 Å². The van der Waals surface area contributed by atoms with Gasteiger partial charge < -0.3 is 15.1 Å². The first-order valence-corrected chi connectivity index (χ1v) is 9.01. The summed E-state index contributed by atoms with van der Waals surface area (Å²) in [4.78, 5) is 18.5. The fourth-order valence-corrected chi connectivity index (χ4v) is 3.17. The Labute approximate surface area is 161 Å². The van der Waals surface area contributed by atoms with Gasteiger partial charge in [0, 0.05) is 25.2 Å². The maximum atomic E-state index is 12.3. The molecule has 1 amide bonds. The van der Waals surface area contributed by atoms with Crippen LogP contribution in [0.3, 0.4) is 0 Å². The first kappa shape index (κ1) is 20.3. The third kappa shape index (κ3) is 4.71. The maximum absolute atomic E-state index is 12.3. The van der Waals surface area contributed by atoms with Crippen LogP contribution in [0, 0.1) is 0 Å². The van der Waals surface area contributed by atoms with Crippen molar-refractivity contribution >= 4 is 5.91 Å². The van der Waals surface area contributed by atoms with Gasteiger partial charge in [0.1, 0.15) is 6.54 Å². The summed E-state index contributed by atoms with van der Waals surface area (Å²) in [6.45, 7) is 3.83. The molecule has 0 unspecified atom stereocenters. The standard InChI is InChI=1S/C19H23F3N4O2/c1-18(2,17-24-10-15(28-17)13-6-4-3-5-7-13)26-9-8-23-14(11-26)16(27)25-12-19(20,21)22/h3-7,10,14,23H,8-9,11-12H2,1-2H3,(H,25,27)/t14-/m0/s1. The molecule has 2 heterocycles. The minimum Gasteiger partial charge on any atom is -0.439 e. The molecule has 1 aromatic carbocycles. The van der Waals surface area contributed by atoms with Crippen LogP contribution in [0.25, 0.3) is 11.3 Å². The molecule has 0 aliphatic carbocycles. The second-order valence-corrected chi connectivity index (χ2v) is 7.24. The molecule has 6 nitrogen and oxygen atoms in total. The lowest BCUT2D eigenvalue weighted by molar-refractivity contribution is -0.140. The average molecular weight is 396 g/mol. The lowest BCUT2D eigenvalue weighted by Gasteiger charge is -2.41. The Morgan fingerprint density at radius 3 is 2.71 bits per heavy atom. The Morgan fingerprint density at radius 1 is 1.32 bits per heavy atom. The molecular formula is C19H23F3N4O2. The van der Waals surface area contributed by atoms with Crippen LogP contribution in [0.1, 0.15) is 19.7 Å². The zero-order chi connectivity index (χ0) is 20.4. The van der Waals surface area contributed by atoms with Gasteiger partial charge in [-0.05, 0) is 13.8 Å². The number of piperazine rings is 1. The Balaban J connectivity index is 1.69. The fourth-order valence-electron chi connectivity index (χ4n) is 3.17.